The first-order valence-electron chi connectivity index (χ1n) is 11.9. The van der Waals surface area contributed by atoms with E-state index in [1.165, 1.54) is 0 Å². The highest BCUT2D eigenvalue weighted by atomic mass is 16.6. The summed E-state index contributed by atoms with van der Waals surface area (Å²) in [6.45, 7) is 10.2. The number of carbonyl (C=O) groups is 1. The molecular weight excluding hydrogens is 422 g/mol. The van der Waals surface area contributed by atoms with E-state index in [0.717, 1.165) is 63.0 Å². The van der Waals surface area contributed by atoms with Crippen molar-refractivity contribution in [3.05, 3.63) is 101 Å². The molecule has 5 aromatic rings. The van der Waals surface area contributed by atoms with Gasteiger partial charge in [-0.05, 0) is 45.9 Å². The maximum absolute atomic E-state index is 13.4. The number of carbonyl (C=O) groups excluding carboxylic acids is 1. The number of ether oxygens (including phenoxy) is 1. The van der Waals surface area contributed by atoms with E-state index in [1.54, 1.807) is 12.3 Å². The van der Waals surface area contributed by atoms with Gasteiger partial charge >= 0.3 is 5.97 Å². The molecule has 0 saturated carbocycles. The molecule has 34 heavy (non-hydrogen) atoms. The standard InChI is InChI=1S/C29H27N3O2/c1-5-31-18(3)26(21-11-7-9-13-24(21)31)29(23-17-30-16-15-20(23)28(33)34-29)27-19(4)32(6-2)25-14-10-8-12-22(25)27/h7-17H,5-6H2,1-4H3. The van der Waals surface area contributed by atoms with Crippen LogP contribution in [0.2, 0.25) is 0 Å². The highest BCUT2D eigenvalue weighted by Crippen LogP contribution is 2.53. The van der Waals surface area contributed by atoms with Crippen molar-refractivity contribution in [2.75, 3.05) is 0 Å². The smallest absolute Gasteiger partial charge is 0.340 e. The highest BCUT2D eigenvalue weighted by molar-refractivity contribution is 6.01. The predicted octanol–water partition coefficient (Wildman–Crippen LogP) is 6.11. The molecule has 0 unspecified atom stereocenters. The summed E-state index contributed by atoms with van der Waals surface area (Å²) in [6, 6.07) is 18.6. The van der Waals surface area contributed by atoms with Crippen LogP contribution in [0.15, 0.2) is 67.0 Å². The van der Waals surface area contributed by atoms with E-state index in [1.807, 2.05) is 6.20 Å². The average Bonchev–Trinajstić information content (AvgIpc) is 3.43. The summed E-state index contributed by atoms with van der Waals surface area (Å²) < 4.78 is 11.2. The van der Waals surface area contributed by atoms with E-state index in [0.29, 0.717) is 5.56 Å². The van der Waals surface area contributed by atoms with E-state index in [4.69, 9.17) is 4.74 Å². The summed E-state index contributed by atoms with van der Waals surface area (Å²) in [4.78, 5) is 17.9. The van der Waals surface area contributed by atoms with Crippen molar-refractivity contribution < 1.29 is 9.53 Å². The first-order valence-corrected chi connectivity index (χ1v) is 11.9. The molecule has 0 spiro atoms. The van der Waals surface area contributed by atoms with E-state index >= 15 is 0 Å². The summed E-state index contributed by atoms with van der Waals surface area (Å²) in [5.74, 6) is -0.308. The molecule has 1 aliphatic rings. The molecule has 5 heteroatoms. The fraction of sp³-hybridized carbons (Fsp3) is 0.241. The van der Waals surface area contributed by atoms with Crippen LogP contribution in [0, 0.1) is 13.8 Å². The van der Waals surface area contributed by atoms with Crippen LogP contribution in [0.25, 0.3) is 21.8 Å². The second-order valence-corrected chi connectivity index (χ2v) is 8.94. The molecule has 6 rings (SSSR count). The topological polar surface area (TPSA) is 49.0 Å². The number of nitrogens with zero attached hydrogens (tertiary/aromatic N) is 3. The third-order valence-electron chi connectivity index (χ3n) is 7.46. The van der Waals surface area contributed by atoms with E-state index < -0.39 is 5.60 Å². The number of aromatic nitrogens is 3. The molecule has 170 valence electrons. The van der Waals surface area contributed by atoms with Gasteiger partial charge in [-0.15, -0.1) is 0 Å². The maximum atomic E-state index is 13.4. The van der Waals surface area contributed by atoms with Crippen molar-refractivity contribution in [2.45, 2.75) is 46.4 Å². The van der Waals surface area contributed by atoms with Gasteiger partial charge in [0.15, 0.2) is 5.60 Å². The zero-order valence-corrected chi connectivity index (χ0v) is 19.9. The van der Waals surface area contributed by atoms with Crippen molar-refractivity contribution in [3.63, 3.8) is 0 Å². The second-order valence-electron chi connectivity index (χ2n) is 8.94. The molecule has 2 aromatic carbocycles. The number of hydrogen-bond donors (Lipinski definition) is 0. The Hall–Kier alpha value is -3.86. The second kappa shape index (κ2) is 7.32. The largest absolute Gasteiger partial charge is 0.440 e. The van der Waals surface area contributed by atoms with Crippen LogP contribution in [-0.2, 0) is 23.4 Å². The average molecular weight is 450 g/mol. The van der Waals surface area contributed by atoms with Crippen LogP contribution in [-0.4, -0.2) is 20.1 Å². The Morgan fingerprint density at radius 1 is 0.824 bits per heavy atom. The number of esters is 1. The first-order chi connectivity index (χ1) is 16.5. The van der Waals surface area contributed by atoms with Gasteiger partial charge in [0.2, 0.25) is 0 Å². The molecule has 0 fully saturated rings. The van der Waals surface area contributed by atoms with Crippen LogP contribution >= 0.6 is 0 Å². The summed E-state index contributed by atoms with van der Waals surface area (Å²) in [5.41, 5.74) is 6.82. The minimum absolute atomic E-state index is 0.308. The molecule has 0 aliphatic carbocycles. The minimum Gasteiger partial charge on any atom is -0.440 e. The van der Waals surface area contributed by atoms with Gasteiger partial charge < -0.3 is 13.9 Å². The molecule has 0 bridgehead atoms. The van der Waals surface area contributed by atoms with Crippen molar-refractivity contribution in [1.29, 1.82) is 0 Å². The fourth-order valence-corrected chi connectivity index (χ4v) is 6.16. The molecular formula is C29H27N3O2. The number of aryl methyl sites for hydroxylation is 2. The highest BCUT2D eigenvalue weighted by Gasteiger charge is 2.53. The lowest BCUT2D eigenvalue weighted by atomic mass is 9.78. The lowest BCUT2D eigenvalue weighted by Crippen LogP contribution is -2.31. The third-order valence-corrected chi connectivity index (χ3v) is 7.46. The normalized spacial score (nSPS) is 14.6. The number of para-hydroxylation sites is 2. The zero-order valence-electron chi connectivity index (χ0n) is 19.9. The summed E-state index contributed by atoms with van der Waals surface area (Å²) >= 11 is 0. The monoisotopic (exact) mass is 449 g/mol. The predicted molar refractivity (Wildman–Crippen MR) is 134 cm³/mol. The van der Waals surface area contributed by atoms with Gasteiger partial charge in [0.05, 0.1) is 5.56 Å². The van der Waals surface area contributed by atoms with Gasteiger partial charge in [-0.3, -0.25) is 4.98 Å². The first kappa shape index (κ1) is 20.7. The SMILES string of the molecule is CCn1c(C)c(C2(c3c(C)n(CC)c4ccccc34)OC(=O)c3ccncc32)c2ccccc21. The Kier molecular flexibility index (Phi) is 4.46. The molecule has 3 aromatic heterocycles. The fourth-order valence-electron chi connectivity index (χ4n) is 6.16. The Morgan fingerprint density at radius 2 is 1.35 bits per heavy atom. The minimum atomic E-state index is -1.09. The zero-order chi connectivity index (χ0) is 23.6. The number of fused-ring (bicyclic) bond motifs is 3. The number of rotatable bonds is 4. The van der Waals surface area contributed by atoms with Gasteiger partial charge in [0.1, 0.15) is 0 Å². The number of benzene rings is 2. The van der Waals surface area contributed by atoms with Crippen molar-refractivity contribution in [3.8, 4) is 0 Å². The maximum Gasteiger partial charge on any atom is 0.340 e. The van der Waals surface area contributed by atoms with E-state index in [2.05, 4.69) is 90.3 Å². The lowest BCUT2D eigenvalue weighted by Gasteiger charge is -2.31. The molecule has 4 heterocycles. The Balaban J connectivity index is 1.86. The van der Waals surface area contributed by atoms with Crippen LogP contribution < -0.4 is 0 Å². The molecule has 0 radical (unpaired) electrons. The van der Waals surface area contributed by atoms with Crippen molar-refractivity contribution >= 4 is 27.8 Å². The molecule has 0 saturated heterocycles. The van der Waals surface area contributed by atoms with Crippen LogP contribution in [0.5, 0.6) is 0 Å². The van der Waals surface area contributed by atoms with Crippen molar-refractivity contribution in [2.24, 2.45) is 0 Å². The Morgan fingerprint density at radius 3 is 1.88 bits per heavy atom. The van der Waals surface area contributed by atoms with Crippen LogP contribution in [0.1, 0.15) is 52.3 Å². The number of hydrogen-bond acceptors (Lipinski definition) is 3. The Labute approximate surface area is 198 Å². The molecule has 0 amide bonds. The number of cyclic esters (lactones) is 1. The third kappa shape index (κ3) is 2.44. The quantitative estimate of drug-likeness (QED) is 0.311. The van der Waals surface area contributed by atoms with E-state index in [9.17, 15) is 4.79 Å². The van der Waals surface area contributed by atoms with Crippen LogP contribution in [0.4, 0.5) is 0 Å². The molecule has 5 nitrogen and oxygen atoms in total. The summed E-state index contributed by atoms with van der Waals surface area (Å²) in [7, 11) is 0. The van der Waals surface area contributed by atoms with Gasteiger partial charge in [0.25, 0.3) is 0 Å². The number of pyridine rings is 1. The summed E-state index contributed by atoms with van der Waals surface area (Å²) in [5, 5.41) is 2.19. The van der Waals surface area contributed by atoms with Crippen LogP contribution in [0.3, 0.4) is 0 Å². The van der Waals surface area contributed by atoms with Gasteiger partial charge in [-0.25, -0.2) is 4.79 Å². The lowest BCUT2D eigenvalue weighted by molar-refractivity contribution is 0.0255. The molecule has 1 aliphatic heterocycles. The van der Waals surface area contributed by atoms with Gasteiger partial charge in [-0.1, -0.05) is 36.4 Å². The van der Waals surface area contributed by atoms with Crippen molar-refractivity contribution in [1.82, 2.24) is 14.1 Å². The molecule has 0 N–H and O–H groups in total. The molecule has 0 atom stereocenters. The van der Waals surface area contributed by atoms with Gasteiger partial charge in [-0.2, -0.15) is 0 Å². The van der Waals surface area contributed by atoms with E-state index in [-0.39, 0.29) is 5.97 Å². The Bertz CT molecular complexity index is 1520. The van der Waals surface area contributed by atoms with Gasteiger partial charge in [0, 0.05) is 75.4 Å². The summed E-state index contributed by atoms with van der Waals surface area (Å²) in [6.07, 6.45) is 3.48.